The molecule has 0 spiro atoms. The maximum Gasteiger partial charge on any atom is 0.258 e. The van der Waals surface area contributed by atoms with E-state index in [0.717, 1.165) is 12.1 Å². The van der Waals surface area contributed by atoms with Crippen molar-refractivity contribution < 1.29 is 13.6 Å². The van der Waals surface area contributed by atoms with Crippen LogP contribution in [0, 0.1) is 11.6 Å². The predicted octanol–water partition coefficient (Wildman–Crippen LogP) is 2.57. The Hall–Kier alpha value is -2.27. The summed E-state index contributed by atoms with van der Waals surface area (Å²) < 4.78 is 26.1. The van der Waals surface area contributed by atoms with Crippen LogP contribution in [0.5, 0.6) is 0 Å². The Morgan fingerprint density at radius 2 is 1.75 bits per heavy atom. The van der Waals surface area contributed by atoms with Gasteiger partial charge in [0.25, 0.3) is 5.91 Å². The minimum atomic E-state index is -1.04. The lowest BCUT2D eigenvalue weighted by Crippen LogP contribution is -2.35. The van der Waals surface area contributed by atoms with Crippen molar-refractivity contribution in [2.24, 2.45) is 5.73 Å². The molecular weight excluding hydrogens is 262 g/mol. The summed E-state index contributed by atoms with van der Waals surface area (Å²) in [6.45, 7) is 0.562. The zero-order valence-electron chi connectivity index (χ0n) is 10.7. The van der Waals surface area contributed by atoms with Gasteiger partial charge in [-0.3, -0.25) is 4.79 Å². The summed E-state index contributed by atoms with van der Waals surface area (Å²) in [6.07, 6.45) is 0. The lowest BCUT2D eigenvalue weighted by Gasteiger charge is -2.22. The van der Waals surface area contributed by atoms with Crippen LogP contribution >= 0.6 is 0 Å². The Bertz CT molecular complexity index is 602. The van der Waals surface area contributed by atoms with E-state index < -0.39 is 17.5 Å². The SMILES string of the molecule is NCCN(C(=O)c1ccc(F)c(F)c1)c1ccccc1. The van der Waals surface area contributed by atoms with Crippen LogP contribution in [-0.4, -0.2) is 19.0 Å². The van der Waals surface area contributed by atoms with Gasteiger partial charge >= 0.3 is 0 Å². The Morgan fingerprint density at radius 3 is 2.35 bits per heavy atom. The Kier molecular flexibility index (Phi) is 4.42. The van der Waals surface area contributed by atoms with Crippen LogP contribution < -0.4 is 10.6 Å². The number of nitrogens with two attached hydrogens (primary N) is 1. The molecule has 0 atom stereocenters. The molecule has 0 radical (unpaired) electrons. The summed E-state index contributed by atoms with van der Waals surface area (Å²) in [6, 6.07) is 12.0. The molecule has 2 rings (SSSR count). The molecule has 0 aliphatic rings. The highest BCUT2D eigenvalue weighted by atomic mass is 19.2. The summed E-state index contributed by atoms with van der Waals surface area (Å²) in [5, 5.41) is 0. The molecule has 20 heavy (non-hydrogen) atoms. The first-order chi connectivity index (χ1) is 9.63. The van der Waals surface area contributed by atoms with Gasteiger partial charge in [-0.05, 0) is 30.3 Å². The van der Waals surface area contributed by atoms with Gasteiger partial charge in [-0.15, -0.1) is 0 Å². The molecule has 2 aromatic carbocycles. The molecule has 0 unspecified atom stereocenters. The molecule has 0 saturated heterocycles. The number of benzene rings is 2. The average Bonchev–Trinajstić information content (AvgIpc) is 2.48. The highest BCUT2D eigenvalue weighted by Gasteiger charge is 2.18. The third-order valence-corrected chi connectivity index (χ3v) is 2.83. The molecule has 0 saturated carbocycles. The van der Waals surface area contributed by atoms with E-state index in [1.807, 2.05) is 6.07 Å². The van der Waals surface area contributed by atoms with Crippen molar-refractivity contribution in [3.8, 4) is 0 Å². The molecule has 0 fully saturated rings. The minimum absolute atomic E-state index is 0.0844. The van der Waals surface area contributed by atoms with Gasteiger partial charge in [0.1, 0.15) is 0 Å². The van der Waals surface area contributed by atoms with Gasteiger partial charge in [0, 0.05) is 24.3 Å². The smallest absolute Gasteiger partial charge is 0.258 e. The van der Waals surface area contributed by atoms with Crippen molar-refractivity contribution in [3.63, 3.8) is 0 Å². The molecule has 0 heterocycles. The fourth-order valence-corrected chi connectivity index (χ4v) is 1.87. The van der Waals surface area contributed by atoms with Gasteiger partial charge in [-0.2, -0.15) is 0 Å². The van der Waals surface area contributed by atoms with E-state index in [0.29, 0.717) is 12.2 Å². The predicted molar refractivity (Wildman–Crippen MR) is 73.5 cm³/mol. The summed E-state index contributed by atoms with van der Waals surface area (Å²) in [5.74, 6) is -2.44. The van der Waals surface area contributed by atoms with Gasteiger partial charge in [0.2, 0.25) is 0 Å². The Balaban J connectivity index is 2.34. The first-order valence-electron chi connectivity index (χ1n) is 6.15. The van der Waals surface area contributed by atoms with E-state index in [-0.39, 0.29) is 12.1 Å². The maximum atomic E-state index is 13.2. The number of rotatable bonds is 4. The van der Waals surface area contributed by atoms with Crippen molar-refractivity contribution in [1.29, 1.82) is 0 Å². The normalized spacial score (nSPS) is 10.3. The molecule has 0 aromatic heterocycles. The molecule has 0 bridgehead atoms. The van der Waals surface area contributed by atoms with Crippen molar-refractivity contribution >= 4 is 11.6 Å². The summed E-state index contributed by atoms with van der Waals surface area (Å²) in [7, 11) is 0. The van der Waals surface area contributed by atoms with E-state index in [4.69, 9.17) is 5.73 Å². The number of para-hydroxylation sites is 1. The van der Waals surface area contributed by atoms with Crippen molar-refractivity contribution in [2.45, 2.75) is 0 Å². The largest absolute Gasteiger partial charge is 0.329 e. The van der Waals surface area contributed by atoms with Crippen LogP contribution in [0.25, 0.3) is 0 Å². The van der Waals surface area contributed by atoms with E-state index in [2.05, 4.69) is 0 Å². The molecular formula is C15H14F2N2O. The zero-order chi connectivity index (χ0) is 14.5. The molecule has 3 nitrogen and oxygen atoms in total. The molecule has 5 heteroatoms. The monoisotopic (exact) mass is 276 g/mol. The highest BCUT2D eigenvalue weighted by Crippen LogP contribution is 2.17. The van der Waals surface area contributed by atoms with Crippen LogP contribution in [0.2, 0.25) is 0 Å². The first-order valence-corrected chi connectivity index (χ1v) is 6.15. The van der Waals surface area contributed by atoms with Crippen LogP contribution in [0.1, 0.15) is 10.4 Å². The number of carbonyl (C=O) groups excluding carboxylic acids is 1. The first kappa shape index (κ1) is 14.1. The summed E-state index contributed by atoms with van der Waals surface area (Å²) >= 11 is 0. The number of amides is 1. The van der Waals surface area contributed by atoms with Gasteiger partial charge in [-0.1, -0.05) is 18.2 Å². The van der Waals surface area contributed by atoms with E-state index in [9.17, 15) is 13.6 Å². The Morgan fingerprint density at radius 1 is 1.05 bits per heavy atom. The van der Waals surface area contributed by atoms with E-state index >= 15 is 0 Å². The maximum absolute atomic E-state index is 13.2. The quantitative estimate of drug-likeness (QED) is 0.933. The summed E-state index contributed by atoms with van der Waals surface area (Å²) in [5.41, 5.74) is 6.25. The number of hydrogen-bond donors (Lipinski definition) is 1. The molecule has 2 aromatic rings. The van der Waals surface area contributed by atoms with E-state index in [1.54, 1.807) is 24.3 Å². The standard InChI is InChI=1S/C15H14F2N2O/c16-13-7-6-11(10-14(13)17)15(20)19(9-8-18)12-4-2-1-3-5-12/h1-7,10H,8-9,18H2. The average molecular weight is 276 g/mol. The van der Waals surface area contributed by atoms with Crippen molar-refractivity contribution in [2.75, 3.05) is 18.0 Å². The number of halogens is 2. The molecule has 1 amide bonds. The summed E-state index contributed by atoms with van der Waals surface area (Å²) in [4.78, 5) is 13.8. The highest BCUT2D eigenvalue weighted by molar-refractivity contribution is 6.06. The Labute approximate surface area is 115 Å². The topological polar surface area (TPSA) is 46.3 Å². The third-order valence-electron chi connectivity index (χ3n) is 2.83. The molecule has 104 valence electrons. The van der Waals surface area contributed by atoms with Crippen LogP contribution in [-0.2, 0) is 0 Å². The second-order valence-electron chi connectivity index (χ2n) is 4.21. The fourth-order valence-electron chi connectivity index (χ4n) is 1.87. The number of nitrogens with zero attached hydrogens (tertiary/aromatic N) is 1. The second kappa shape index (κ2) is 6.25. The lowest BCUT2D eigenvalue weighted by atomic mass is 10.1. The van der Waals surface area contributed by atoms with Crippen molar-refractivity contribution in [3.05, 3.63) is 65.7 Å². The zero-order valence-corrected chi connectivity index (χ0v) is 10.7. The van der Waals surface area contributed by atoms with E-state index in [1.165, 1.54) is 11.0 Å². The number of carbonyl (C=O) groups is 1. The van der Waals surface area contributed by atoms with Gasteiger partial charge in [0.15, 0.2) is 11.6 Å². The van der Waals surface area contributed by atoms with Crippen LogP contribution in [0.15, 0.2) is 48.5 Å². The van der Waals surface area contributed by atoms with Crippen LogP contribution in [0.4, 0.5) is 14.5 Å². The number of anilines is 1. The third kappa shape index (κ3) is 3.00. The van der Waals surface area contributed by atoms with Crippen molar-refractivity contribution in [1.82, 2.24) is 0 Å². The van der Waals surface area contributed by atoms with Gasteiger partial charge < -0.3 is 10.6 Å². The molecule has 0 aliphatic heterocycles. The minimum Gasteiger partial charge on any atom is -0.329 e. The van der Waals surface area contributed by atoms with Crippen LogP contribution in [0.3, 0.4) is 0 Å². The number of hydrogen-bond acceptors (Lipinski definition) is 2. The molecule has 0 aliphatic carbocycles. The second-order valence-corrected chi connectivity index (χ2v) is 4.21. The van der Waals surface area contributed by atoms with Gasteiger partial charge in [0.05, 0.1) is 0 Å². The van der Waals surface area contributed by atoms with Gasteiger partial charge in [-0.25, -0.2) is 8.78 Å². The lowest BCUT2D eigenvalue weighted by molar-refractivity contribution is 0.0987. The molecule has 2 N–H and O–H groups in total. The fraction of sp³-hybridized carbons (Fsp3) is 0.133.